The SMILES string of the molecule is CCC(CC)N(C)CC(=O)c1ccc(Cl)cc1Cl. The molecule has 0 aromatic heterocycles. The molecule has 0 radical (unpaired) electrons. The lowest BCUT2D eigenvalue weighted by molar-refractivity contribution is 0.0915. The Balaban J connectivity index is 2.76. The molecule has 0 heterocycles. The van der Waals surface area contributed by atoms with Gasteiger partial charge in [-0.15, -0.1) is 0 Å². The summed E-state index contributed by atoms with van der Waals surface area (Å²) >= 11 is 11.8. The summed E-state index contributed by atoms with van der Waals surface area (Å²) in [5, 5.41) is 0.968. The van der Waals surface area contributed by atoms with Crippen LogP contribution in [0.25, 0.3) is 0 Å². The lowest BCUT2D eigenvalue weighted by Crippen LogP contribution is -2.35. The first-order valence-corrected chi connectivity index (χ1v) is 6.93. The van der Waals surface area contributed by atoms with Gasteiger partial charge < -0.3 is 0 Å². The van der Waals surface area contributed by atoms with Crippen LogP contribution in [0.3, 0.4) is 0 Å². The predicted octanol–water partition coefficient (Wildman–Crippen LogP) is 4.30. The number of Topliss-reactive ketones (excluding diaryl/α,β-unsaturated/α-hetero) is 1. The average molecular weight is 288 g/mol. The lowest BCUT2D eigenvalue weighted by atomic mass is 10.1. The zero-order chi connectivity index (χ0) is 13.7. The van der Waals surface area contributed by atoms with Crippen LogP contribution >= 0.6 is 23.2 Å². The third-order valence-corrected chi connectivity index (χ3v) is 3.74. The number of hydrogen-bond acceptors (Lipinski definition) is 2. The molecule has 0 bridgehead atoms. The van der Waals surface area contributed by atoms with Gasteiger partial charge in [-0.05, 0) is 38.1 Å². The minimum Gasteiger partial charge on any atom is -0.296 e. The number of nitrogens with zero attached hydrogens (tertiary/aromatic N) is 1. The molecule has 4 heteroatoms. The van der Waals surface area contributed by atoms with E-state index in [1.54, 1.807) is 18.2 Å². The van der Waals surface area contributed by atoms with E-state index in [-0.39, 0.29) is 5.78 Å². The molecule has 0 fully saturated rings. The minimum absolute atomic E-state index is 0.0334. The maximum Gasteiger partial charge on any atom is 0.178 e. The van der Waals surface area contributed by atoms with Gasteiger partial charge in [-0.3, -0.25) is 9.69 Å². The molecule has 0 atom stereocenters. The molecule has 0 N–H and O–H groups in total. The van der Waals surface area contributed by atoms with E-state index in [2.05, 4.69) is 18.7 Å². The second kappa shape index (κ2) is 7.13. The maximum atomic E-state index is 12.2. The fourth-order valence-electron chi connectivity index (χ4n) is 2.07. The van der Waals surface area contributed by atoms with Gasteiger partial charge in [-0.25, -0.2) is 0 Å². The van der Waals surface area contributed by atoms with E-state index in [1.807, 2.05) is 7.05 Å². The zero-order valence-electron chi connectivity index (χ0n) is 11.0. The van der Waals surface area contributed by atoms with Gasteiger partial charge in [0.25, 0.3) is 0 Å². The van der Waals surface area contributed by atoms with Gasteiger partial charge in [0, 0.05) is 16.6 Å². The molecule has 0 saturated heterocycles. The largest absolute Gasteiger partial charge is 0.296 e. The van der Waals surface area contributed by atoms with Crippen LogP contribution in [0, 0.1) is 0 Å². The molecular weight excluding hydrogens is 269 g/mol. The molecule has 0 saturated carbocycles. The number of likely N-dealkylation sites (N-methyl/N-ethyl adjacent to an activating group) is 1. The number of ketones is 1. The molecule has 0 unspecified atom stereocenters. The van der Waals surface area contributed by atoms with Crippen molar-refractivity contribution in [2.75, 3.05) is 13.6 Å². The summed E-state index contributed by atoms with van der Waals surface area (Å²) in [6, 6.07) is 5.42. The standard InChI is InChI=1S/C14H19Cl2NO/c1-4-11(5-2)17(3)9-14(18)12-7-6-10(15)8-13(12)16/h6-8,11H,4-5,9H2,1-3H3. The van der Waals surface area contributed by atoms with Gasteiger partial charge in [0.2, 0.25) is 0 Å². The first kappa shape index (κ1) is 15.5. The quantitative estimate of drug-likeness (QED) is 0.727. The molecule has 0 spiro atoms. The van der Waals surface area contributed by atoms with Crippen molar-refractivity contribution in [1.29, 1.82) is 0 Å². The second-order valence-corrected chi connectivity index (χ2v) is 5.28. The number of carbonyl (C=O) groups excluding carboxylic acids is 1. The Morgan fingerprint density at radius 1 is 1.28 bits per heavy atom. The van der Waals surface area contributed by atoms with Gasteiger partial charge in [-0.2, -0.15) is 0 Å². The molecule has 0 aliphatic rings. The van der Waals surface area contributed by atoms with Crippen LogP contribution in [-0.4, -0.2) is 30.3 Å². The van der Waals surface area contributed by atoms with E-state index >= 15 is 0 Å². The Bertz CT molecular complexity index is 416. The maximum absolute atomic E-state index is 12.2. The van der Waals surface area contributed by atoms with Crippen LogP contribution in [0.15, 0.2) is 18.2 Å². The monoisotopic (exact) mass is 287 g/mol. The van der Waals surface area contributed by atoms with Crippen LogP contribution in [0.4, 0.5) is 0 Å². The second-order valence-electron chi connectivity index (χ2n) is 4.43. The summed E-state index contributed by atoms with van der Waals surface area (Å²) < 4.78 is 0. The number of carbonyl (C=O) groups is 1. The first-order chi connectivity index (χ1) is 8.49. The zero-order valence-corrected chi connectivity index (χ0v) is 12.6. The average Bonchev–Trinajstić information content (AvgIpc) is 2.30. The first-order valence-electron chi connectivity index (χ1n) is 6.18. The summed E-state index contributed by atoms with van der Waals surface area (Å²) in [4.78, 5) is 14.2. The van der Waals surface area contributed by atoms with Gasteiger partial charge in [0.05, 0.1) is 11.6 Å². The summed E-state index contributed by atoms with van der Waals surface area (Å²) in [5.41, 5.74) is 0.541. The lowest BCUT2D eigenvalue weighted by Gasteiger charge is -2.25. The Kier molecular flexibility index (Phi) is 6.13. The van der Waals surface area contributed by atoms with Crippen molar-refractivity contribution < 1.29 is 4.79 Å². The predicted molar refractivity (Wildman–Crippen MR) is 77.8 cm³/mol. The van der Waals surface area contributed by atoms with Gasteiger partial charge in [-0.1, -0.05) is 37.0 Å². The Morgan fingerprint density at radius 2 is 1.89 bits per heavy atom. The molecule has 0 aliphatic carbocycles. The number of hydrogen-bond donors (Lipinski definition) is 0. The third kappa shape index (κ3) is 3.98. The van der Waals surface area contributed by atoms with Crippen molar-refractivity contribution in [2.45, 2.75) is 32.7 Å². The number of rotatable bonds is 6. The van der Waals surface area contributed by atoms with Crippen LogP contribution in [-0.2, 0) is 0 Å². The summed E-state index contributed by atoms with van der Waals surface area (Å²) in [6.07, 6.45) is 2.07. The van der Waals surface area contributed by atoms with Crippen molar-refractivity contribution in [2.24, 2.45) is 0 Å². The highest BCUT2D eigenvalue weighted by Crippen LogP contribution is 2.21. The Morgan fingerprint density at radius 3 is 2.39 bits per heavy atom. The van der Waals surface area contributed by atoms with Crippen LogP contribution in [0.5, 0.6) is 0 Å². The van der Waals surface area contributed by atoms with Crippen molar-refractivity contribution in [3.05, 3.63) is 33.8 Å². The highest BCUT2D eigenvalue weighted by atomic mass is 35.5. The van der Waals surface area contributed by atoms with E-state index in [0.29, 0.717) is 28.2 Å². The Labute approximate surface area is 119 Å². The topological polar surface area (TPSA) is 20.3 Å². The summed E-state index contributed by atoms with van der Waals surface area (Å²) in [7, 11) is 1.97. The van der Waals surface area contributed by atoms with Crippen molar-refractivity contribution >= 4 is 29.0 Å². The highest BCUT2D eigenvalue weighted by Gasteiger charge is 2.17. The van der Waals surface area contributed by atoms with E-state index in [9.17, 15) is 4.79 Å². The molecule has 0 aliphatic heterocycles. The van der Waals surface area contributed by atoms with Gasteiger partial charge in [0.1, 0.15) is 0 Å². The minimum atomic E-state index is 0.0334. The smallest absolute Gasteiger partial charge is 0.178 e. The van der Waals surface area contributed by atoms with E-state index in [0.717, 1.165) is 12.8 Å². The molecule has 1 aromatic carbocycles. The molecule has 18 heavy (non-hydrogen) atoms. The molecule has 100 valence electrons. The van der Waals surface area contributed by atoms with Gasteiger partial charge >= 0.3 is 0 Å². The van der Waals surface area contributed by atoms with Crippen molar-refractivity contribution in [1.82, 2.24) is 4.90 Å². The summed E-state index contributed by atoms with van der Waals surface area (Å²) in [6.45, 7) is 4.64. The van der Waals surface area contributed by atoms with Crippen LogP contribution in [0.2, 0.25) is 10.0 Å². The van der Waals surface area contributed by atoms with Gasteiger partial charge in [0.15, 0.2) is 5.78 Å². The highest BCUT2D eigenvalue weighted by molar-refractivity contribution is 6.36. The normalized spacial score (nSPS) is 11.3. The molecular formula is C14H19Cl2NO. The van der Waals surface area contributed by atoms with Crippen LogP contribution in [0.1, 0.15) is 37.0 Å². The number of benzene rings is 1. The van der Waals surface area contributed by atoms with Crippen molar-refractivity contribution in [3.63, 3.8) is 0 Å². The van der Waals surface area contributed by atoms with Crippen LogP contribution < -0.4 is 0 Å². The molecule has 1 rings (SSSR count). The van der Waals surface area contributed by atoms with E-state index in [4.69, 9.17) is 23.2 Å². The van der Waals surface area contributed by atoms with E-state index in [1.165, 1.54) is 0 Å². The van der Waals surface area contributed by atoms with E-state index < -0.39 is 0 Å². The number of halogens is 2. The fraction of sp³-hybridized carbons (Fsp3) is 0.500. The molecule has 0 amide bonds. The van der Waals surface area contributed by atoms with Crippen molar-refractivity contribution in [3.8, 4) is 0 Å². The summed E-state index contributed by atoms with van der Waals surface area (Å²) in [5.74, 6) is 0.0334. The fourth-order valence-corrected chi connectivity index (χ4v) is 2.58. The molecule has 1 aromatic rings. The third-order valence-electron chi connectivity index (χ3n) is 3.19. The Hall–Kier alpha value is -0.570. The molecule has 2 nitrogen and oxygen atoms in total.